The molecule has 1 aromatic rings. The molecule has 0 fully saturated rings. The van der Waals surface area contributed by atoms with Crippen molar-refractivity contribution >= 4 is 20.1 Å². The maximum absolute atomic E-state index is 6.30. The fraction of sp³-hybridized carbons (Fsp3) is 0.600. The van der Waals surface area contributed by atoms with E-state index in [4.69, 9.17) is 9.16 Å². The third-order valence-electron chi connectivity index (χ3n) is 5.06. The lowest BCUT2D eigenvalue weighted by molar-refractivity contribution is 0.0780. The van der Waals surface area contributed by atoms with Crippen LogP contribution < -0.4 is 0 Å². The largest absolute Gasteiger partial charge is 0.414 e. The van der Waals surface area contributed by atoms with E-state index < -0.39 is 8.32 Å². The first-order valence-corrected chi connectivity index (χ1v) is 12.4. The van der Waals surface area contributed by atoms with Crippen molar-refractivity contribution in [3.8, 4) is 0 Å². The summed E-state index contributed by atoms with van der Waals surface area (Å²) in [5.41, 5.74) is 4.02. The zero-order valence-electron chi connectivity index (χ0n) is 16.4. The van der Waals surface area contributed by atoms with E-state index in [-0.39, 0.29) is 11.1 Å². The molecule has 24 heavy (non-hydrogen) atoms. The Morgan fingerprint density at radius 1 is 1.17 bits per heavy atom. The van der Waals surface area contributed by atoms with Gasteiger partial charge in [-0.1, -0.05) is 50.2 Å². The van der Waals surface area contributed by atoms with E-state index in [0.29, 0.717) is 13.2 Å². The second-order valence-electron chi connectivity index (χ2n) is 8.38. The molecule has 0 radical (unpaired) electrons. The van der Waals surface area contributed by atoms with E-state index in [0.717, 1.165) is 0 Å². The van der Waals surface area contributed by atoms with Gasteiger partial charge in [0.1, 0.15) is 0 Å². The van der Waals surface area contributed by atoms with Gasteiger partial charge in [0.05, 0.1) is 19.3 Å². The van der Waals surface area contributed by atoms with Gasteiger partial charge in [0.25, 0.3) is 0 Å². The Bertz CT molecular complexity index is 606. The molecule has 0 aliphatic carbocycles. The summed E-state index contributed by atoms with van der Waals surface area (Å²) in [5.74, 6) is 0. The first-order chi connectivity index (χ1) is 11.0. The topological polar surface area (TPSA) is 18.5 Å². The maximum Gasteiger partial charge on any atom is 0.192 e. The van der Waals surface area contributed by atoms with E-state index in [1.807, 2.05) is 11.8 Å². The highest BCUT2D eigenvalue weighted by Crippen LogP contribution is 2.38. The second kappa shape index (κ2) is 7.36. The molecule has 1 aromatic carbocycles. The molecule has 0 saturated carbocycles. The summed E-state index contributed by atoms with van der Waals surface area (Å²) in [6.07, 6.45) is 2.34. The van der Waals surface area contributed by atoms with Crippen LogP contribution in [0.2, 0.25) is 18.1 Å². The van der Waals surface area contributed by atoms with Gasteiger partial charge in [-0.2, -0.15) is 0 Å². The van der Waals surface area contributed by atoms with Crippen molar-refractivity contribution in [1.82, 2.24) is 0 Å². The molecule has 2 rings (SSSR count). The highest BCUT2D eigenvalue weighted by molar-refractivity contribution is 8.03. The quantitative estimate of drug-likeness (QED) is 0.596. The average Bonchev–Trinajstić information content (AvgIpc) is 2.87. The van der Waals surface area contributed by atoms with Gasteiger partial charge in [-0.15, -0.1) is 0 Å². The van der Waals surface area contributed by atoms with Crippen LogP contribution in [0.15, 0.2) is 28.0 Å². The molecular formula is C20H32O2SSi. The molecule has 1 heterocycles. The summed E-state index contributed by atoms with van der Waals surface area (Å²) >= 11 is 1.85. The van der Waals surface area contributed by atoms with Gasteiger partial charge in [-0.25, -0.2) is 0 Å². The fourth-order valence-electron chi connectivity index (χ4n) is 2.62. The predicted molar refractivity (Wildman–Crippen MR) is 107 cm³/mol. The first-order valence-electron chi connectivity index (χ1n) is 8.71. The van der Waals surface area contributed by atoms with Gasteiger partial charge >= 0.3 is 0 Å². The Morgan fingerprint density at radius 2 is 1.75 bits per heavy atom. The van der Waals surface area contributed by atoms with Crippen molar-refractivity contribution < 1.29 is 9.16 Å². The summed E-state index contributed by atoms with van der Waals surface area (Å²) < 4.78 is 12.2. The van der Waals surface area contributed by atoms with E-state index in [1.165, 1.54) is 26.5 Å². The predicted octanol–water partition coefficient (Wildman–Crippen LogP) is 6.01. The van der Waals surface area contributed by atoms with Crippen molar-refractivity contribution in [2.75, 3.05) is 13.2 Å². The minimum atomic E-state index is -1.71. The number of aryl methyl sites for hydroxylation is 3. The molecule has 1 aliphatic heterocycles. The zero-order chi connectivity index (χ0) is 18.1. The molecule has 0 N–H and O–H groups in total. The Hall–Kier alpha value is -0.553. The maximum atomic E-state index is 6.30. The summed E-state index contributed by atoms with van der Waals surface area (Å²) in [5, 5.41) is 0.239. The SMILES string of the molecule is Cc1cc(C)c(SC2=CC(CO[Si](C)(C)C(C)(C)C)OC2)c(C)c1. The minimum absolute atomic E-state index is 0.0904. The third-order valence-corrected chi connectivity index (χ3v) is 10.9. The second-order valence-corrected chi connectivity index (χ2v) is 14.3. The smallest absolute Gasteiger partial charge is 0.192 e. The molecular weight excluding hydrogens is 332 g/mol. The van der Waals surface area contributed by atoms with E-state index in [9.17, 15) is 0 Å². The lowest BCUT2D eigenvalue weighted by Gasteiger charge is -2.36. The number of thioether (sulfide) groups is 1. The van der Waals surface area contributed by atoms with E-state index in [2.05, 4.69) is 72.8 Å². The summed E-state index contributed by atoms with van der Waals surface area (Å²) in [4.78, 5) is 2.66. The van der Waals surface area contributed by atoms with Gasteiger partial charge in [-0.05, 0) is 56.1 Å². The van der Waals surface area contributed by atoms with Crippen LogP contribution in [0.25, 0.3) is 0 Å². The normalized spacial score (nSPS) is 18.8. The highest BCUT2D eigenvalue weighted by atomic mass is 32.2. The zero-order valence-corrected chi connectivity index (χ0v) is 18.3. The summed E-state index contributed by atoms with van der Waals surface area (Å²) in [7, 11) is -1.71. The van der Waals surface area contributed by atoms with Crippen LogP contribution in [-0.4, -0.2) is 27.6 Å². The average molecular weight is 365 g/mol. The lowest BCUT2D eigenvalue weighted by atomic mass is 10.1. The molecule has 0 amide bonds. The van der Waals surface area contributed by atoms with Crippen LogP contribution in [0, 0.1) is 20.8 Å². The molecule has 1 unspecified atom stereocenters. The van der Waals surface area contributed by atoms with Gasteiger partial charge in [-0.3, -0.25) is 0 Å². The van der Waals surface area contributed by atoms with Gasteiger partial charge in [0.2, 0.25) is 0 Å². The molecule has 1 aliphatic rings. The van der Waals surface area contributed by atoms with Crippen LogP contribution in [0.4, 0.5) is 0 Å². The Morgan fingerprint density at radius 3 is 2.29 bits per heavy atom. The Labute approximate surface area is 153 Å². The van der Waals surface area contributed by atoms with Crippen molar-refractivity contribution in [3.63, 3.8) is 0 Å². The standard InChI is InChI=1S/C20H32O2SSi/c1-14-9-15(2)19(16(3)10-14)23-18-11-17(21-13-18)12-22-24(7,8)20(4,5)6/h9-11,17H,12-13H2,1-8H3. The van der Waals surface area contributed by atoms with Gasteiger partial charge < -0.3 is 9.16 Å². The summed E-state index contributed by atoms with van der Waals surface area (Å²) in [6.45, 7) is 19.3. The lowest BCUT2D eigenvalue weighted by Crippen LogP contribution is -2.42. The first kappa shape index (κ1) is 19.8. The number of hydrogen-bond donors (Lipinski definition) is 0. The molecule has 134 valence electrons. The molecule has 1 atom stereocenters. The molecule has 2 nitrogen and oxygen atoms in total. The number of ether oxygens (including phenoxy) is 1. The van der Waals surface area contributed by atoms with E-state index in [1.54, 1.807) is 0 Å². The Balaban J connectivity index is 2.00. The summed E-state index contributed by atoms with van der Waals surface area (Å²) in [6, 6.07) is 4.51. The van der Waals surface area contributed by atoms with Crippen molar-refractivity contribution in [1.29, 1.82) is 0 Å². The Kier molecular flexibility index (Phi) is 6.06. The number of benzene rings is 1. The third kappa shape index (κ3) is 4.75. The molecule has 0 bridgehead atoms. The number of rotatable bonds is 5. The van der Waals surface area contributed by atoms with Crippen LogP contribution in [0.5, 0.6) is 0 Å². The van der Waals surface area contributed by atoms with Crippen molar-refractivity contribution in [2.24, 2.45) is 0 Å². The molecule has 0 spiro atoms. The van der Waals surface area contributed by atoms with Crippen LogP contribution in [-0.2, 0) is 9.16 Å². The van der Waals surface area contributed by atoms with Crippen LogP contribution in [0.3, 0.4) is 0 Å². The monoisotopic (exact) mass is 364 g/mol. The molecule has 0 saturated heterocycles. The fourth-order valence-corrected chi connectivity index (χ4v) is 4.68. The van der Waals surface area contributed by atoms with Crippen molar-refractivity contribution in [3.05, 3.63) is 39.8 Å². The highest BCUT2D eigenvalue weighted by Gasteiger charge is 2.37. The molecule has 0 aromatic heterocycles. The van der Waals surface area contributed by atoms with Crippen LogP contribution in [0.1, 0.15) is 37.5 Å². The van der Waals surface area contributed by atoms with E-state index >= 15 is 0 Å². The molecule has 4 heteroatoms. The van der Waals surface area contributed by atoms with Gasteiger partial charge in [0.15, 0.2) is 8.32 Å². The van der Waals surface area contributed by atoms with Crippen molar-refractivity contribution in [2.45, 2.75) is 70.7 Å². The number of hydrogen-bond acceptors (Lipinski definition) is 3. The van der Waals surface area contributed by atoms with Gasteiger partial charge in [0, 0.05) is 9.80 Å². The van der Waals surface area contributed by atoms with Crippen LogP contribution >= 0.6 is 11.8 Å². The minimum Gasteiger partial charge on any atom is -0.414 e.